The molecule has 0 aliphatic rings. The molecule has 0 bridgehead atoms. The highest BCUT2D eigenvalue weighted by Gasteiger charge is 2.32. The zero-order valence-corrected chi connectivity index (χ0v) is 11.3. The van der Waals surface area contributed by atoms with Crippen LogP contribution in [0.15, 0.2) is 18.2 Å². The summed E-state index contributed by atoms with van der Waals surface area (Å²) in [5.74, 6) is -0.445. The van der Waals surface area contributed by atoms with Crippen LogP contribution in [0.2, 0.25) is 0 Å². The largest absolute Gasteiger partial charge is 0.416 e. The number of aryl methyl sites for hydroxylation is 1. The Morgan fingerprint density at radius 1 is 1.45 bits per heavy atom. The summed E-state index contributed by atoms with van der Waals surface area (Å²) in [5, 5.41) is 2.41. The first-order valence-electron chi connectivity index (χ1n) is 5.98. The number of carbonyl (C=O) groups excluding carboxylic acids is 1. The Balaban J connectivity index is 2.81. The van der Waals surface area contributed by atoms with E-state index in [0.29, 0.717) is 0 Å². The lowest BCUT2D eigenvalue weighted by Gasteiger charge is -2.15. The van der Waals surface area contributed by atoms with Crippen molar-refractivity contribution in [3.63, 3.8) is 0 Å². The van der Waals surface area contributed by atoms with Crippen molar-refractivity contribution in [3.05, 3.63) is 29.3 Å². The van der Waals surface area contributed by atoms with Crippen LogP contribution in [0.1, 0.15) is 17.5 Å². The normalized spacial score (nSPS) is 13.1. The van der Waals surface area contributed by atoms with Crippen LogP contribution in [0.4, 0.5) is 18.9 Å². The Labute approximate surface area is 115 Å². The third kappa shape index (κ3) is 4.50. The second kappa shape index (κ2) is 6.71. The average molecular weight is 290 g/mol. The topological polar surface area (TPSA) is 64.3 Å². The molecule has 0 aromatic heterocycles. The summed E-state index contributed by atoms with van der Waals surface area (Å²) < 4.78 is 43.1. The molecule has 0 aliphatic heterocycles. The summed E-state index contributed by atoms with van der Waals surface area (Å²) in [6.07, 6.45) is -4.91. The molecule has 1 aromatic carbocycles. The van der Waals surface area contributed by atoms with Gasteiger partial charge < -0.3 is 15.8 Å². The minimum Gasteiger partial charge on any atom is -0.380 e. The van der Waals surface area contributed by atoms with E-state index in [-0.39, 0.29) is 24.2 Å². The van der Waals surface area contributed by atoms with E-state index < -0.39 is 23.8 Å². The molecule has 0 heterocycles. The number of benzene rings is 1. The number of halogens is 3. The number of nitrogens with one attached hydrogen (secondary N) is 1. The molecule has 1 atom stereocenters. The lowest BCUT2D eigenvalue weighted by molar-refractivity contribution is -0.138. The van der Waals surface area contributed by atoms with Gasteiger partial charge in [0.25, 0.3) is 0 Å². The number of anilines is 1. The maximum Gasteiger partial charge on any atom is 0.416 e. The molecule has 1 aromatic rings. The van der Waals surface area contributed by atoms with Gasteiger partial charge in [-0.15, -0.1) is 0 Å². The molecule has 0 fully saturated rings. The van der Waals surface area contributed by atoms with Crippen molar-refractivity contribution in [2.45, 2.75) is 25.6 Å². The first-order chi connectivity index (χ1) is 9.27. The second-order valence-corrected chi connectivity index (χ2v) is 4.37. The van der Waals surface area contributed by atoms with Gasteiger partial charge in [0.1, 0.15) is 0 Å². The lowest BCUT2D eigenvalue weighted by atomic mass is 10.1. The number of amides is 1. The van der Waals surface area contributed by atoms with E-state index in [9.17, 15) is 18.0 Å². The van der Waals surface area contributed by atoms with Crippen molar-refractivity contribution >= 4 is 11.6 Å². The fourth-order valence-electron chi connectivity index (χ4n) is 1.69. The molecule has 0 spiro atoms. The van der Waals surface area contributed by atoms with Crippen LogP contribution in [0, 0.1) is 6.92 Å². The molecular formula is C13H17F3N2O2. The fraction of sp³-hybridized carbons (Fsp3) is 0.462. The predicted octanol–water partition coefficient (Wildman–Crippen LogP) is 2.32. The number of ether oxygens (including phenoxy) is 1. The van der Waals surface area contributed by atoms with Crippen molar-refractivity contribution in [2.24, 2.45) is 5.73 Å². The average Bonchev–Trinajstić information content (AvgIpc) is 2.37. The molecule has 0 saturated heterocycles. The fourth-order valence-corrected chi connectivity index (χ4v) is 1.69. The van der Waals surface area contributed by atoms with E-state index in [1.165, 1.54) is 26.2 Å². The maximum absolute atomic E-state index is 12.7. The van der Waals surface area contributed by atoms with Crippen LogP contribution in [-0.4, -0.2) is 25.7 Å². The SMILES string of the molecule is COC(CN)CC(=O)Nc1ccc(C)c(C(F)(F)F)c1. The summed E-state index contributed by atoms with van der Waals surface area (Å²) in [7, 11) is 1.42. The highest BCUT2D eigenvalue weighted by Crippen LogP contribution is 2.33. The molecule has 3 N–H and O–H groups in total. The molecular weight excluding hydrogens is 273 g/mol. The summed E-state index contributed by atoms with van der Waals surface area (Å²) in [6.45, 7) is 1.52. The quantitative estimate of drug-likeness (QED) is 0.874. The molecule has 1 rings (SSSR count). The van der Waals surface area contributed by atoms with Gasteiger partial charge in [-0.25, -0.2) is 0 Å². The smallest absolute Gasteiger partial charge is 0.380 e. The Bertz CT molecular complexity index is 471. The van der Waals surface area contributed by atoms with Gasteiger partial charge >= 0.3 is 6.18 Å². The number of rotatable bonds is 5. The summed E-state index contributed by atoms with van der Waals surface area (Å²) in [4.78, 5) is 11.7. The number of hydrogen-bond acceptors (Lipinski definition) is 3. The first kappa shape index (κ1) is 16.5. The van der Waals surface area contributed by atoms with E-state index in [1.807, 2.05) is 0 Å². The van der Waals surface area contributed by atoms with Crippen LogP contribution in [-0.2, 0) is 15.7 Å². The van der Waals surface area contributed by atoms with E-state index in [1.54, 1.807) is 0 Å². The molecule has 112 valence electrons. The van der Waals surface area contributed by atoms with Gasteiger partial charge in [0, 0.05) is 19.3 Å². The molecule has 1 amide bonds. The zero-order chi connectivity index (χ0) is 15.3. The lowest BCUT2D eigenvalue weighted by Crippen LogP contribution is -2.28. The van der Waals surface area contributed by atoms with Crippen LogP contribution >= 0.6 is 0 Å². The van der Waals surface area contributed by atoms with E-state index in [0.717, 1.165) is 6.07 Å². The first-order valence-corrected chi connectivity index (χ1v) is 5.98. The third-order valence-corrected chi connectivity index (χ3v) is 2.84. The minimum atomic E-state index is -4.45. The molecule has 0 aliphatic carbocycles. The summed E-state index contributed by atoms with van der Waals surface area (Å²) >= 11 is 0. The molecule has 0 saturated carbocycles. The number of carbonyl (C=O) groups is 1. The zero-order valence-electron chi connectivity index (χ0n) is 11.3. The van der Waals surface area contributed by atoms with E-state index >= 15 is 0 Å². The Morgan fingerprint density at radius 3 is 2.60 bits per heavy atom. The Hall–Kier alpha value is -1.60. The number of hydrogen-bond donors (Lipinski definition) is 2. The van der Waals surface area contributed by atoms with E-state index in [2.05, 4.69) is 5.32 Å². The number of methoxy groups -OCH3 is 1. The molecule has 4 nitrogen and oxygen atoms in total. The van der Waals surface area contributed by atoms with Gasteiger partial charge in [-0.3, -0.25) is 4.79 Å². The van der Waals surface area contributed by atoms with Crippen molar-refractivity contribution in [3.8, 4) is 0 Å². The molecule has 7 heteroatoms. The van der Waals surface area contributed by atoms with Gasteiger partial charge in [-0.05, 0) is 24.6 Å². The maximum atomic E-state index is 12.7. The molecule has 1 unspecified atom stereocenters. The summed E-state index contributed by atoms with van der Waals surface area (Å²) in [5.41, 5.74) is 4.81. The third-order valence-electron chi connectivity index (χ3n) is 2.84. The minimum absolute atomic E-state index is 0.0117. The van der Waals surface area contributed by atoms with Crippen molar-refractivity contribution in [1.29, 1.82) is 0 Å². The van der Waals surface area contributed by atoms with Crippen LogP contribution < -0.4 is 11.1 Å². The molecule has 20 heavy (non-hydrogen) atoms. The van der Waals surface area contributed by atoms with Gasteiger partial charge in [0.2, 0.25) is 5.91 Å². The highest BCUT2D eigenvalue weighted by molar-refractivity contribution is 5.91. The molecule has 0 radical (unpaired) electrons. The van der Waals surface area contributed by atoms with E-state index in [4.69, 9.17) is 10.5 Å². The monoisotopic (exact) mass is 290 g/mol. The van der Waals surface area contributed by atoms with Gasteiger partial charge in [-0.1, -0.05) is 6.07 Å². The number of nitrogens with two attached hydrogens (primary N) is 1. The van der Waals surface area contributed by atoms with Gasteiger partial charge in [0.05, 0.1) is 18.1 Å². The Morgan fingerprint density at radius 2 is 2.10 bits per heavy atom. The second-order valence-electron chi connectivity index (χ2n) is 4.37. The van der Waals surface area contributed by atoms with Crippen molar-refractivity contribution in [2.75, 3.05) is 19.0 Å². The van der Waals surface area contributed by atoms with Crippen molar-refractivity contribution in [1.82, 2.24) is 0 Å². The highest BCUT2D eigenvalue weighted by atomic mass is 19.4. The van der Waals surface area contributed by atoms with Crippen molar-refractivity contribution < 1.29 is 22.7 Å². The standard InChI is InChI=1S/C13H17F3N2O2/c1-8-3-4-9(5-11(8)13(14,15)16)18-12(19)6-10(7-17)20-2/h3-5,10H,6-7,17H2,1-2H3,(H,18,19). The van der Waals surface area contributed by atoms with Gasteiger partial charge in [-0.2, -0.15) is 13.2 Å². The Kier molecular flexibility index (Phi) is 5.52. The summed E-state index contributed by atoms with van der Waals surface area (Å²) in [6, 6.07) is 3.65. The van der Waals surface area contributed by atoms with Crippen LogP contribution in [0.3, 0.4) is 0 Å². The van der Waals surface area contributed by atoms with Crippen LogP contribution in [0.25, 0.3) is 0 Å². The van der Waals surface area contributed by atoms with Gasteiger partial charge in [0.15, 0.2) is 0 Å². The van der Waals surface area contributed by atoms with Crippen LogP contribution in [0.5, 0.6) is 0 Å². The predicted molar refractivity (Wildman–Crippen MR) is 69.3 cm³/mol. The number of alkyl halides is 3.